The maximum absolute atomic E-state index is 16.0. The van der Waals surface area contributed by atoms with Crippen LogP contribution in [0.15, 0.2) is 47.8 Å². The number of nitrogens with two attached hydrogens (primary N) is 1. The number of likely N-dealkylation sites (tertiary alicyclic amines) is 1. The third-order valence-corrected chi connectivity index (χ3v) is 8.64. The molecule has 16 heteroatoms. The third kappa shape index (κ3) is 6.12. The Morgan fingerprint density at radius 1 is 1.23 bits per heavy atom. The topological polar surface area (TPSA) is 155 Å². The number of carbonyl (C=O) groups excluding carboxylic acids is 1. The van der Waals surface area contributed by atoms with E-state index in [9.17, 15) is 17.6 Å². The van der Waals surface area contributed by atoms with Crippen molar-refractivity contribution in [1.29, 1.82) is 0 Å². The van der Waals surface area contributed by atoms with Gasteiger partial charge in [-0.15, -0.1) is 0 Å². The molecule has 1 amide bonds. The summed E-state index contributed by atoms with van der Waals surface area (Å²) in [4.78, 5) is 22.0. The van der Waals surface area contributed by atoms with Crippen LogP contribution in [0.1, 0.15) is 33.2 Å². The number of piperidine rings is 1. The van der Waals surface area contributed by atoms with Crippen LogP contribution in [0, 0.1) is 11.6 Å². The summed E-state index contributed by atoms with van der Waals surface area (Å²) in [6, 6.07) is 4.74. The molecule has 3 heterocycles. The van der Waals surface area contributed by atoms with Crippen molar-refractivity contribution in [3.63, 3.8) is 0 Å². The summed E-state index contributed by atoms with van der Waals surface area (Å²) in [5.74, 6) is -2.18. The smallest absolute Gasteiger partial charge is 0.410 e. The minimum atomic E-state index is -4.62. The van der Waals surface area contributed by atoms with Crippen LogP contribution in [0.3, 0.4) is 0 Å². The number of carbonyl (C=O) groups is 1. The first kappa shape index (κ1) is 31.3. The fourth-order valence-electron chi connectivity index (χ4n) is 4.88. The lowest BCUT2D eigenvalue weighted by Crippen LogP contribution is -2.51. The van der Waals surface area contributed by atoms with Crippen molar-refractivity contribution in [2.45, 2.75) is 49.8 Å². The van der Waals surface area contributed by atoms with Crippen molar-refractivity contribution >= 4 is 44.4 Å². The highest BCUT2D eigenvalue weighted by Gasteiger charge is 2.35. The van der Waals surface area contributed by atoms with E-state index in [0.29, 0.717) is 24.0 Å². The van der Waals surface area contributed by atoms with Crippen LogP contribution in [0.25, 0.3) is 22.3 Å². The number of benzene rings is 2. The van der Waals surface area contributed by atoms with Crippen LogP contribution in [-0.4, -0.2) is 71.0 Å². The van der Waals surface area contributed by atoms with Crippen LogP contribution in [0.4, 0.5) is 19.3 Å². The second-order valence-corrected chi connectivity index (χ2v) is 13.2. The van der Waals surface area contributed by atoms with Gasteiger partial charge in [0.25, 0.3) is 10.0 Å². The van der Waals surface area contributed by atoms with Gasteiger partial charge in [0.05, 0.1) is 29.2 Å². The first-order valence-electron chi connectivity index (χ1n) is 13.5. The molecule has 12 nitrogen and oxygen atoms in total. The highest BCUT2D eigenvalue weighted by molar-refractivity contribution is 7.92. The lowest BCUT2D eigenvalue weighted by Gasteiger charge is -2.37. The Kier molecular flexibility index (Phi) is 8.39. The number of fused-ring (bicyclic) bond motifs is 1. The van der Waals surface area contributed by atoms with E-state index < -0.39 is 56.0 Å². The molecular weight excluding hydrogens is 620 g/mol. The number of aromatic nitrogens is 4. The third-order valence-electron chi connectivity index (χ3n) is 6.96. The van der Waals surface area contributed by atoms with E-state index in [-0.39, 0.29) is 28.6 Å². The number of ether oxygens (including phenoxy) is 2. The number of nitrogens with zero attached hydrogens (tertiary/aromatic N) is 5. The fraction of sp³-hybridized carbons (Fsp3) is 0.357. The molecule has 0 saturated carbocycles. The van der Waals surface area contributed by atoms with E-state index in [2.05, 4.69) is 19.8 Å². The second kappa shape index (κ2) is 11.8. The number of halogens is 3. The average Bonchev–Trinajstić information content (AvgIpc) is 3.33. The molecule has 0 radical (unpaired) electrons. The fourth-order valence-corrected chi connectivity index (χ4v) is 6.33. The molecule has 2 aromatic carbocycles. The molecular formula is C28H30ClF2N7O5S. The molecule has 0 spiro atoms. The molecule has 2 aromatic heterocycles. The Morgan fingerprint density at radius 3 is 2.68 bits per heavy atom. The molecule has 234 valence electrons. The number of nitrogens with one attached hydrogen (secondary N) is 1. The average molecular weight is 650 g/mol. The van der Waals surface area contributed by atoms with Gasteiger partial charge in [-0.1, -0.05) is 17.7 Å². The zero-order valence-electron chi connectivity index (χ0n) is 24.2. The number of sulfonamides is 1. The molecule has 2 unspecified atom stereocenters. The van der Waals surface area contributed by atoms with Crippen molar-refractivity contribution in [3.8, 4) is 17.0 Å². The number of methoxy groups -OCH3 is 1. The summed E-state index contributed by atoms with van der Waals surface area (Å²) in [6.07, 6.45) is 2.70. The molecule has 1 saturated heterocycles. The lowest BCUT2D eigenvalue weighted by atomic mass is 10.0. The van der Waals surface area contributed by atoms with Gasteiger partial charge >= 0.3 is 6.09 Å². The summed E-state index contributed by atoms with van der Waals surface area (Å²) >= 11 is 6.02. The molecule has 5 rings (SSSR count). The predicted molar refractivity (Wildman–Crippen MR) is 159 cm³/mol. The molecule has 0 bridgehead atoms. The summed E-state index contributed by atoms with van der Waals surface area (Å²) in [7, 11) is -3.37. The van der Waals surface area contributed by atoms with Gasteiger partial charge in [-0.05, 0) is 45.4 Å². The highest BCUT2D eigenvalue weighted by Crippen LogP contribution is 2.36. The minimum absolute atomic E-state index is 0.0622. The van der Waals surface area contributed by atoms with E-state index in [1.807, 2.05) is 0 Å². The van der Waals surface area contributed by atoms with Crippen LogP contribution >= 0.6 is 11.6 Å². The van der Waals surface area contributed by atoms with E-state index in [0.717, 1.165) is 12.1 Å². The number of hydrogen-bond acceptors (Lipinski definition) is 9. The predicted octanol–water partition coefficient (Wildman–Crippen LogP) is 4.74. The zero-order chi connectivity index (χ0) is 32.0. The van der Waals surface area contributed by atoms with Gasteiger partial charge in [-0.25, -0.2) is 36.6 Å². The highest BCUT2D eigenvalue weighted by atomic mass is 35.5. The quantitative estimate of drug-likeness (QED) is 0.301. The molecule has 2 atom stereocenters. The van der Waals surface area contributed by atoms with Gasteiger partial charge in [0.1, 0.15) is 34.1 Å². The van der Waals surface area contributed by atoms with Crippen LogP contribution in [0.2, 0.25) is 5.02 Å². The minimum Gasteiger partial charge on any atom is -0.495 e. The van der Waals surface area contributed by atoms with Gasteiger partial charge in [0.2, 0.25) is 0 Å². The maximum atomic E-state index is 16.0. The van der Waals surface area contributed by atoms with Gasteiger partial charge < -0.3 is 20.1 Å². The Labute approximate surface area is 257 Å². The normalized spacial score (nSPS) is 17.5. The monoisotopic (exact) mass is 649 g/mol. The standard InChI is InChI=1S/C28H30ClF2N7O5S/c1-28(2,3)43-27(39)37-9-8-19(32)21(13-37)38-26-16(12-33-14-34-26)25(35-38)15-6-5-7-20(24(15)31)36-44(40,41)23-10-17(29)22(42-4)11-18(23)30/h5-7,10-12,14,19,21,36H,8-9,13,32H2,1-4H3. The molecule has 3 N–H and O–H groups in total. The molecule has 0 aliphatic carbocycles. The number of rotatable bonds is 6. The van der Waals surface area contributed by atoms with Crippen LogP contribution in [0.5, 0.6) is 5.75 Å². The zero-order valence-corrected chi connectivity index (χ0v) is 25.8. The number of amides is 1. The van der Waals surface area contributed by atoms with Crippen molar-refractivity contribution in [3.05, 3.63) is 59.5 Å². The van der Waals surface area contributed by atoms with Gasteiger partial charge in [0, 0.05) is 37.0 Å². The molecule has 1 fully saturated rings. The molecule has 4 aromatic rings. The van der Waals surface area contributed by atoms with E-state index in [4.69, 9.17) is 26.8 Å². The van der Waals surface area contributed by atoms with Crippen molar-refractivity contribution < 1.29 is 31.5 Å². The summed E-state index contributed by atoms with van der Waals surface area (Å²) in [5, 5.41) is 4.87. The van der Waals surface area contributed by atoms with Crippen molar-refractivity contribution in [1.82, 2.24) is 24.6 Å². The number of anilines is 1. The summed E-state index contributed by atoms with van der Waals surface area (Å²) < 4.78 is 71.0. The van der Waals surface area contributed by atoms with Crippen LogP contribution < -0.4 is 15.2 Å². The molecule has 1 aliphatic heterocycles. The summed E-state index contributed by atoms with van der Waals surface area (Å²) in [6.45, 7) is 5.86. The first-order chi connectivity index (χ1) is 20.7. The molecule has 1 aliphatic rings. The SMILES string of the molecule is COc1cc(F)c(S(=O)(=O)Nc2cccc(-c3nn(C4CN(C(=O)OC(C)(C)C)CCC4N)c4ncncc34)c2F)cc1Cl. The second-order valence-electron chi connectivity index (χ2n) is 11.2. The Morgan fingerprint density at radius 2 is 1.98 bits per heavy atom. The Balaban J connectivity index is 1.52. The van der Waals surface area contributed by atoms with Crippen molar-refractivity contribution in [2.75, 3.05) is 24.9 Å². The molecule has 44 heavy (non-hydrogen) atoms. The van der Waals surface area contributed by atoms with Gasteiger partial charge in [-0.3, -0.25) is 4.72 Å². The lowest BCUT2D eigenvalue weighted by molar-refractivity contribution is 0.0152. The van der Waals surface area contributed by atoms with E-state index >= 15 is 4.39 Å². The van der Waals surface area contributed by atoms with Crippen molar-refractivity contribution in [2.24, 2.45) is 5.73 Å². The van der Waals surface area contributed by atoms with Crippen LogP contribution in [-0.2, 0) is 14.8 Å². The Hall–Kier alpha value is -4.08. The Bertz CT molecular complexity index is 1850. The first-order valence-corrected chi connectivity index (χ1v) is 15.3. The van der Waals surface area contributed by atoms with E-state index in [1.165, 1.54) is 47.4 Å². The van der Waals surface area contributed by atoms with E-state index in [1.54, 1.807) is 20.8 Å². The summed E-state index contributed by atoms with van der Waals surface area (Å²) in [5.41, 5.74) is 5.69. The number of hydrogen-bond donors (Lipinski definition) is 2. The van der Waals surface area contributed by atoms with Gasteiger partial charge in [-0.2, -0.15) is 5.10 Å². The maximum Gasteiger partial charge on any atom is 0.410 e. The largest absolute Gasteiger partial charge is 0.495 e. The van der Waals surface area contributed by atoms with Gasteiger partial charge in [0.15, 0.2) is 11.5 Å².